The van der Waals surface area contributed by atoms with Gasteiger partial charge in [-0.1, -0.05) is 54.6 Å². The molecule has 0 fully saturated rings. The number of amides is 3. The summed E-state index contributed by atoms with van der Waals surface area (Å²) in [6.45, 7) is 0.263. The lowest BCUT2D eigenvalue weighted by molar-refractivity contribution is -0.137. The molecule has 2 atom stereocenters. The van der Waals surface area contributed by atoms with Crippen molar-refractivity contribution in [1.29, 1.82) is 0 Å². The molecule has 2 aromatic carbocycles. The number of guanidine groups is 1. The minimum atomic E-state index is -1.01. The number of aliphatic carboxylic acids is 1. The van der Waals surface area contributed by atoms with Gasteiger partial charge < -0.3 is 32.9 Å². The highest BCUT2D eigenvalue weighted by molar-refractivity contribution is 5.91. The van der Waals surface area contributed by atoms with Crippen molar-refractivity contribution in [2.45, 2.75) is 50.6 Å². The maximum absolute atomic E-state index is 13.1. The van der Waals surface area contributed by atoms with Crippen LogP contribution >= 0.6 is 0 Å². The molecule has 0 radical (unpaired) electrons. The van der Waals surface area contributed by atoms with Crippen molar-refractivity contribution >= 4 is 29.7 Å². The van der Waals surface area contributed by atoms with Gasteiger partial charge in [0.25, 0.3) is 0 Å². The first-order valence-electron chi connectivity index (χ1n) is 12.0. The van der Waals surface area contributed by atoms with Crippen LogP contribution in [0, 0.1) is 0 Å². The molecule has 2 rings (SSSR count). The number of carbonyl (C=O) groups is 4. The first-order valence-corrected chi connectivity index (χ1v) is 12.0. The number of carboxylic acid groups (broad SMARTS) is 1. The van der Waals surface area contributed by atoms with Crippen LogP contribution in [0.15, 0.2) is 59.6 Å². The molecule has 9 N–H and O–H groups in total. The highest BCUT2D eigenvalue weighted by Crippen LogP contribution is 2.20. The third-order valence-electron chi connectivity index (χ3n) is 5.55. The van der Waals surface area contributed by atoms with E-state index in [2.05, 4.69) is 15.6 Å². The lowest BCUT2D eigenvalue weighted by atomic mass is 9.99. The minimum absolute atomic E-state index is 0.0548. The van der Waals surface area contributed by atoms with E-state index in [1.54, 1.807) is 0 Å². The fourth-order valence-corrected chi connectivity index (χ4v) is 3.64. The largest absolute Gasteiger partial charge is 0.481 e. The number of carboxylic acids is 1. The summed E-state index contributed by atoms with van der Waals surface area (Å²) in [6.07, 6.45) is 0.689. The highest BCUT2D eigenvalue weighted by atomic mass is 16.4. The second-order valence-electron chi connectivity index (χ2n) is 8.55. The topological polar surface area (TPSA) is 203 Å². The van der Waals surface area contributed by atoms with E-state index in [-0.39, 0.29) is 44.6 Å². The number of nitrogens with zero attached hydrogens (tertiary/aromatic N) is 1. The summed E-state index contributed by atoms with van der Waals surface area (Å²) in [7, 11) is 0. The lowest BCUT2D eigenvalue weighted by Gasteiger charge is -2.22. The maximum Gasteiger partial charge on any atom is 0.303 e. The Kier molecular flexibility index (Phi) is 11.6. The summed E-state index contributed by atoms with van der Waals surface area (Å²) in [5.41, 5.74) is 18.9. The van der Waals surface area contributed by atoms with E-state index < -0.39 is 35.8 Å². The van der Waals surface area contributed by atoms with Crippen molar-refractivity contribution in [3.8, 4) is 11.1 Å². The predicted molar refractivity (Wildman–Crippen MR) is 140 cm³/mol. The molecular weight excluding hydrogens is 476 g/mol. The van der Waals surface area contributed by atoms with Gasteiger partial charge in [-0.3, -0.25) is 24.2 Å². The zero-order valence-corrected chi connectivity index (χ0v) is 20.6. The molecule has 0 aliphatic rings. The molecule has 0 saturated heterocycles. The molecule has 3 amide bonds. The zero-order valence-electron chi connectivity index (χ0n) is 20.6. The Bertz CT molecular complexity index is 1080. The van der Waals surface area contributed by atoms with E-state index in [0.29, 0.717) is 6.42 Å². The Morgan fingerprint density at radius 1 is 0.811 bits per heavy atom. The summed E-state index contributed by atoms with van der Waals surface area (Å²) in [5, 5.41) is 14.1. The van der Waals surface area contributed by atoms with Crippen molar-refractivity contribution in [3.63, 3.8) is 0 Å². The Morgan fingerprint density at radius 2 is 1.46 bits per heavy atom. The zero-order chi connectivity index (χ0) is 27.2. The van der Waals surface area contributed by atoms with Gasteiger partial charge in [0.2, 0.25) is 17.7 Å². The molecule has 2 aromatic rings. The van der Waals surface area contributed by atoms with Crippen LogP contribution in [0.3, 0.4) is 0 Å². The third kappa shape index (κ3) is 10.8. The SMILES string of the molecule is NC(=O)[C@@H](CCCN=C(N)N)NC(=O)[C@@H](Cc1ccc(-c2ccccc2)cc1)NC(=O)CCCC(=O)O. The number of nitrogens with two attached hydrogens (primary N) is 3. The quantitative estimate of drug-likeness (QED) is 0.115. The number of primary amides is 1. The Hall–Kier alpha value is -4.41. The number of rotatable bonds is 15. The summed E-state index contributed by atoms with van der Waals surface area (Å²) in [6, 6.07) is 15.4. The van der Waals surface area contributed by atoms with Crippen LogP contribution in [0.5, 0.6) is 0 Å². The van der Waals surface area contributed by atoms with Gasteiger partial charge in [0.05, 0.1) is 0 Å². The summed E-state index contributed by atoms with van der Waals surface area (Å²) in [4.78, 5) is 52.1. The Labute approximate surface area is 215 Å². The smallest absolute Gasteiger partial charge is 0.303 e. The van der Waals surface area contributed by atoms with Gasteiger partial charge >= 0.3 is 5.97 Å². The number of aliphatic imine (C=N–C) groups is 1. The second-order valence-corrected chi connectivity index (χ2v) is 8.55. The van der Waals surface area contributed by atoms with E-state index in [1.165, 1.54) is 0 Å². The highest BCUT2D eigenvalue weighted by Gasteiger charge is 2.26. The third-order valence-corrected chi connectivity index (χ3v) is 5.55. The Balaban J connectivity index is 2.12. The first-order chi connectivity index (χ1) is 17.7. The fourth-order valence-electron chi connectivity index (χ4n) is 3.64. The molecule has 0 spiro atoms. The molecule has 198 valence electrons. The number of benzene rings is 2. The molecule has 11 nitrogen and oxygen atoms in total. The van der Waals surface area contributed by atoms with Crippen LogP contribution < -0.4 is 27.8 Å². The van der Waals surface area contributed by atoms with Gasteiger partial charge in [-0.05, 0) is 36.0 Å². The van der Waals surface area contributed by atoms with E-state index in [4.69, 9.17) is 22.3 Å². The first kappa shape index (κ1) is 28.8. The Morgan fingerprint density at radius 3 is 2.05 bits per heavy atom. The number of hydrogen-bond donors (Lipinski definition) is 6. The monoisotopic (exact) mass is 510 g/mol. The van der Waals surface area contributed by atoms with Crippen LogP contribution in [0.1, 0.15) is 37.7 Å². The van der Waals surface area contributed by atoms with Crippen LogP contribution in [-0.4, -0.2) is 53.4 Å². The average molecular weight is 511 g/mol. The molecule has 0 aliphatic carbocycles. The standard InChI is InChI=1S/C26H34N6O5/c27-24(36)20(8-5-15-30-26(28)29)32-25(37)21(31-22(33)9-4-10-23(34)35)16-17-11-13-19(14-12-17)18-6-2-1-3-7-18/h1-3,6-7,11-14,20-21H,4-5,8-10,15-16H2,(H2,27,36)(H,31,33)(H,32,37)(H,34,35)(H4,28,29,30)/t20-,21-/m1/s1. The normalized spacial score (nSPS) is 12.1. The van der Waals surface area contributed by atoms with Gasteiger partial charge in [0, 0.05) is 25.8 Å². The lowest BCUT2D eigenvalue weighted by Crippen LogP contribution is -2.53. The minimum Gasteiger partial charge on any atom is -0.481 e. The van der Waals surface area contributed by atoms with Crippen molar-refractivity contribution in [1.82, 2.24) is 10.6 Å². The van der Waals surface area contributed by atoms with Crippen LogP contribution in [0.25, 0.3) is 11.1 Å². The second kappa shape index (κ2) is 14.9. The van der Waals surface area contributed by atoms with E-state index in [0.717, 1.165) is 16.7 Å². The average Bonchev–Trinajstić information content (AvgIpc) is 2.85. The van der Waals surface area contributed by atoms with Crippen LogP contribution in [0.2, 0.25) is 0 Å². The molecule has 11 heteroatoms. The van der Waals surface area contributed by atoms with Crippen molar-refractivity contribution < 1.29 is 24.3 Å². The summed E-state index contributed by atoms with van der Waals surface area (Å²) >= 11 is 0. The van der Waals surface area contributed by atoms with Gasteiger partial charge in [-0.25, -0.2) is 0 Å². The number of carbonyl (C=O) groups excluding carboxylic acids is 3. The maximum atomic E-state index is 13.1. The molecule has 0 bridgehead atoms. The van der Waals surface area contributed by atoms with Crippen molar-refractivity contribution in [2.24, 2.45) is 22.2 Å². The molecular formula is C26H34N6O5. The van der Waals surface area contributed by atoms with Crippen LogP contribution in [-0.2, 0) is 25.6 Å². The van der Waals surface area contributed by atoms with Crippen molar-refractivity contribution in [3.05, 3.63) is 60.2 Å². The van der Waals surface area contributed by atoms with Gasteiger partial charge in [0.15, 0.2) is 5.96 Å². The van der Waals surface area contributed by atoms with Crippen LogP contribution in [0.4, 0.5) is 0 Å². The molecule has 0 aliphatic heterocycles. The molecule has 0 heterocycles. The van der Waals surface area contributed by atoms with E-state index >= 15 is 0 Å². The van der Waals surface area contributed by atoms with E-state index in [1.807, 2.05) is 54.6 Å². The van der Waals surface area contributed by atoms with Gasteiger partial charge in [-0.15, -0.1) is 0 Å². The fraction of sp³-hybridized carbons (Fsp3) is 0.346. The van der Waals surface area contributed by atoms with Gasteiger partial charge in [-0.2, -0.15) is 0 Å². The number of hydrogen-bond acceptors (Lipinski definition) is 5. The predicted octanol–water partition coefficient (Wildman–Crippen LogP) is 0.660. The van der Waals surface area contributed by atoms with E-state index in [9.17, 15) is 19.2 Å². The molecule has 0 aromatic heterocycles. The molecule has 37 heavy (non-hydrogen) atoms. The summed E-state index contributed by atoms with van der Waals surface area (Å²) in [5.74, 6) is -2.86. The van der Waals surface area contributed by atoms with Crippen molar-refractivity contribution in [2.75, 3.05) is 6.54 Å². The number of nitrogens with one attached hydrogen (secondary N) is 2. The van der Waals surface area contributed by atoms with Gasteiger partial charge in [0.1, 0.15) is 12.1 Å². The summed E-state index contributed by atoms with van der Waals surface area (Å²) < 4.78 is 0. The molecule has 0 saturated carbocycles. The molecule has 0 unspecified atom stereocenters.